The lowest BCUT2D eigenvalue weighted by Crippen LogP contribution is -2.41. The van der Waals surface area contributed by atoms with Gasteiger partial charge in [-0.2, -0.15) is 0 Å². The molecule has 5 heteroatoms. The molecule has 0 N–H and O–H groups in total. The van der Waals surface area contributed by atoms with Gasteiger partial charge in [0.15, 0.2) is 0 Å². The zero-order chi connectivity index (χ0) is 19.9. The third kappa shape index (κ3) is 5.56. The molecule has 0 amide bonds. The van der Waals surface area contributed by atoms with E-state index in [1.54, 1.807) is 7.11 Å². The number of hydrogen-bond donors (Lipinski definition) is 0. The van der Waals surface area contributed by atoms with Gasteiger partial charge in [0.25, 0.3) is 0 Å². The lowest BCUT2D eigenvalue weighted by atomic mass is 9.90. The second-order valence-corrected chi connectivity index (χ2v) is 8.17. The molecular weight excluding hydrogens is 362 g/mol. The quantitative estimate of drug-likeness (QED) is 0.686. The standard InChI is InChI=1S/C24H33N3O2/c1-28-24-16-22-7-3-2-6-21(22)15-23(24)19-27(18-20-5-4-8-25-17-20)10-9-26-11-13-29-14-12-26/h4-5,8,15-17H,2-3,6-7,9-14,18-19H2,1H3. The fraction of sp³-hybridized carbons (Fsp3) is 0.542. The van der Waals surface area contributed by atoms with Crippen LogP contribution in [0.5, 0.6) is 5.75 Å². The molecule has 4 rings (SSSR count). The third-order valence-electron chi connectivity index (χ3n) is 6.10. The number of nitrogens with zero attached hydrogens (tertiary/aromatic N) is 3. The Balaban J connectivity index is 1.50. The number of ether oxygens (including phenoxy) is 2. The van der Waals surface area contributed by atoms with Crippen LogP contribution in [0, 0.1) is 0 Å². The highest BCUT2D eigenvalue weighted by Crippen LogP contribution is 2.30. The van der Waals surface area contributed by atoms with Crippen LogP contribution >= 0.6 is 0 Å². The topological polar surface area (TPSA) is 37.8 Å². The first kappa shape index (κ1) is 20.3. The Hall–Kier alpha value is -1.95. The van der Waals surface area contributed by atoms with Gasteiger partial charge in [0, 0.05) is 57.2 Å². The van der Waals surface area contributed by atoms with Crippen molar-refractivity contribution in [3.05, 3.63) is 58.9 Å². The van der Waals surface area contributed by atoms with Gasteiger partial charge >= 0.3 is 0 Å². The molecule has 1 aliphatic heterocycles. The Labute approximate surface area is 174 Å². The minimum absolute atomic E-state index is 0.848. The number of morpholine rings is 1. The highest BCUT2D eigenvalue weighted by molar-refractivity contribution is 5.44. The number of hydrogen-bond acceptors (Lipinski definition) is 5. The van der Waals surface area contributed by atoms with Gasteiger partial charge < -0.3 is 9.47 Å². The zero-order valence-corrected chi connectivity index (χ0v) is 17.6. The predicted molar refractivity (Wildman–Crippen MR) is 115 cm³/mol. The van der Waals surface area contributed by atoms with Crippen molar-refractivity contribution in [3.8, 4) is 5.75 Å². The molecule has 156 valence electrons. The summed E-state index contributed by atoms with van der Waals surface area (Å²) in [5.74, 6) is 1.04. The number of aromatic nitrogens is 1. The SMILES string of the molecule is COc1cc2c(cc1CN(CCN1CCOCC1)Cc1cccnc1)CCCC2. The van der Waals surface area contributed by atoms with E-state index in [1.165, 1.54) is 47.9 Å². The van der Waals surface area contributed by atoms with E-state index in [4.69, 9.17) is 9.47 Å². The minimum Gasteiger partial charge on any atom is -0.496 e. The van der Waals surface area contributed by atoms with Gasteiger partial charge in [-0.25, -0.2) is 0 Å². The maximum Gasteiger partial charge on any atom is 0.123 e. The van der Waals surface area contributed by atoms with E-state index in [0.29, 0.717) is 0 Å². The summed E-state index contributed by atoms with van der Waals surface area (Å²) in [6.45, 7) is 7.65. The Kier molecular flexibility index (Phi) is 7.14. The number of methoxy groups -OCH3 is 1. The van der Waals surface area contributed by atoms with Crippen LogP contribution in [-0.2, 0) is 30.7 Å². The molecule has 29 heavy (non-hydrogen) atoms. The molecular formula is C24H33N3O2. The van der Waals surface area contributed by atoms with E-state index in [-0.39, 0.29) is 0 Å². The van der Waals surface area contributed by atoms with Crippen LogP contribution in [0.15, 0.2) is 36.7 Å². The van der Waals surface area contributed by atoms with E-state index >= 15 is 0 Å². The lowest BCUT2D eigenvalue weighted by molar-refractivity contribution is 0.0324. The van der Waals surface area contributed by atoms with Gasteiger partial charge in [0.05, 0.1) is 20.3 Å². The van der Waals surface area contributed by atoms with Gasteiger partial charge in [-0.1, -0.05) is 12.1 Å². The van der Waals surface area contributed by atoms with Crippen LogP contribution in [0.25, 0.3) is 0 Å². The van der Waals surface area contributed by atoms with Crippen molar-refractivity contribution in [3.63, 3.8) is 0 Å². The maximum atomic E-state index is 5.79. The summed E-state index contributed by atoms with van der Waals surface area (Å²) in [6, 6.07) is 8.88. The Morgan fingerprint density at radius 2 is 1.90 bits per heavy atom. The summed E-state index contributed by atoms with van der Waals surface area (Å²) in [6.07, 6.45) is 8.79. The van der Waals surface area contributed by atoms with Gasteiger partial charge in [-0.05, 0) is 54.5 Å². The average Bonchev–Trinajstić information content (AvgIpc) is 2.78. The second kappa shape index (κ2) is 10.2. The highest BCUT2D eigenvalue weighted by Gasteiger charge is 2.18. The highest BCUT2D eigenvalue weighted by atomic mass is 16.5. The lowest BCUT2D eigenvalue weighted by Gasteiger charge is -2.30. The molecule has 1 aromatic heterocycles. The molecule has 5 nitrogen and oxygen atoms in total. The van der Waals surface area contributed by atoms with Gasteiger partial charge in [-0.15, -0.1) is 0 Å². The van der Waals surface area contributed by atoms with Crippen molar-refractivity contribution in [2.45, 2.75) is 38.8 Å². The second-order valence-electron chi connectivity index (χ2n) is 8.17. The summed E-state index contributed by atoms with van der Waals surface area (Å²) in [5.41, 5.74) is 5.55. The predicted octanol–water partition coefficient (Wildman–Crippen LogP) is 3.30. The van der Waals surface area contributed by atoms with E-state index in [0.717, 1.165) is 58.2 Å². The Bertz CT molecular complexity index is 775. The van der Waals surface area contributed by atoms with E-state index in [9.17, 15) is 0 Å². The summed E-state index contributed by atoms with van der Waals surface area (Å²) < 4.78 is 11.3. The van der Waals surface area contributed by atoms with E-state index < -0.39 is 0 Å². The molecule has 1 saturated heterocycles. The number of pyridine rings is 1. The van der Waals surface area contributed by atoms with Crippen LogP contribution in [-0.4, -0.2) is 61.3 Å². The van der Waals surface area contributed by atoms with Crippen molar-refractivity contribution in [1.82, 2.24) is 14.8 Å². The minimum atomic E-state index is 0.848. The Morgan fingerprint density at radius 3 is 2.62 bits per heavy atom. The van der Waals surface area contributed by atoms with E-state index in [1.807, 2.05) is 18.5 Å². The van der Waals surface area contributed by atoms with Crippen molar-refractivity contribution < 1.29 is 9.47 Å². The largest absolute Gasteiger partial charge is 0.496 e. The normalized spacial score (nSPS) is 17.3. The maximum absolute atomic E-state index is 5.79. The Morgan fingerprint density at radius 1 is 1.10 bits per heavy atom. The smallest absolute Gasteiger partial charge is 0.123 e. The number of fused-ring (bicyclic) bond motifs is 1. The van der Waals surface area contributed by atoms with Crippen LogP contribution in [0.2, 0.25) is 0 Å². The fourth-order valence-electron chi connectivity index (χ4n) is 4.44. The molecule has 0 radical (unpaired) electrons. The van der Waals surface area contributed by atoms with Crippen LogP contribution in [0.4, 0.5) is 0 Å². The molecule has 0 spiro atoms. The first-order valence-corrected chi connectivity index (χ1v) is 10.9. The van der Waals surface area contributed by atoms with Crippen LogP contribution in [0.3, 0.4) is 0 Å². The summed E-state index contributed by atoms with van der Waals surface area (Å²) >= 11 is 0. The molecule has 1 aromatic carbocycles. The molecule has 0 bridgehead atoms. The van der Waals surface area contributed by atoms with E-state index in [2.05, 4.69) is 33.0 Å². The monoisotopic (exact) mass is 395 g/mol. The van der Waals surface area contributed by atoms with Crippen molar-refractivity contribution in [1.29, 1.82) is 0 Å². The third-order valence-corrected chi connectivity index (χ3v) is 6.10. The molecule has 0 atom stereocenters. The average molecular weight is 396 g/mol. The number of benzene rings is 1. The molecule has 2 heterocycles. The molecule has 0 unspecified atom stereocenters. The van der Waals surface area contributed by atoms with Gasteiger partial charge in [0.1, 0.15) is 5.75 Å². The molecule has 1 fully saturated rings. The van der Waals surface area contributed by atoms with Crippen molar-refractivity contribution in [2.24, 2.45) is 0 Å². The van der Waals surface area contributed by atoms with Gasteiger partial charge in [0.2, 0.25) is 0 Å². The zero-order valence-electron chi connectivity index (χ0n) is 17.6. The molecule has 0 saturated carbocycles. The molecule has 2 aliphatic rings. The fourth-order valence-corrected chi connectivity index (χ4v) is 4.44. The molecule has 2 aromatic rings. The number of aryl methyl sites for hydroxylation is 2. The first-order valence-electron chi connectivity index (χ1n) is 10.9. The summed E-state index contributed by atoms with van der Waals surface area (Å²) in [7, 11) is 1.80. The van der Waals surface area contributed by atoms with Gasteiger partial charge in [-0.3, -0.25) is 14.8 Å². The first-order chi connectivity index (χ1) is 14.3. The van der Waals surface area contributed by atoms with Crippen molar-refractivity contribution in [2.75, 3.05) is 46.5 Å². The summed E-state index contributed by atoms with van der Waals surface area (Å²) in [5, 5.41) is 0. The van der Waals surface area contributed by atoms with Crippen molar-refractivity contribution >= 4 is 0 Å². The molecule has 1 aliphatic carbocycles. The number of rotatable bonds is 8. The van der Waals surface area contributed by atoms with Crippen LogP contribution in [0.1, 0.15) is 35.1 Å². The summed E-state index contributed by atoms with van der Waals surface area (Å²) in [4.78, 5) is 9.34. The van der Waals surface area contributed by atoms with Crippen LogP contribution < -0.4 is 4.74 Å².